The van der Waals surface area contributed by atoms with Gasteiger partial charge in [0.15, 0.2) is 0 Å². The van der Waals surface area contributed by atoms with Crippen LogP contribution in [0.2, 0.25) is 0 Å². The summed E-state index contributed by atoms with van der Waals surface area (Å²) in [6.45, 7) is 0. The molecular weight excluding hydrogens is 276 g/mol. The lowest BCUT2D eigenvalue weighted by atomic mass is 10.2. The maximum atomic E-state index is 5.55. The fourth-order valence-corrected chi connectivity index (χ4v) is 1.76. The van der Waals surface area contributed by atoms with E-state index in [0.29, 0.717) is 5.82 Å². The Hall–Kier alpha value is -1.27. The minimum Gasteiger partial charge on any atom is -0.369 e. The van der Waals surface area contributed by atoms with Crippen LogP contribution < -0.4 is 5.73 Å². The standard InChI is InChI=1S/C9H7BrN4S/c10-6-3-1-2-5(4-6)7-12-8(11)14-9(15)13-7/h1-4H,(H3,11,12,13,14,15). The average molecular weight is 283 g/mol. The fourth-order valence-electron chi connectivity index (χ4n) is 1.17. The van der Waals surface area contributed by atoms with Crippen LogP contribution in [0.3, 0.4) is 0 Å². The van der Waals surface area contributed by atoms with Gasteiger partial charge in [0.05, 0.1) is 0 Å². The first-order valence-corrected chi connectivity index (χ1v) is 5.35. The van der Waals surface area contributed by atoms with Gasteiger partial charge in [0.2, 0.25) is 10.7 Å². The summed E-state index contributed by atoms with van der Waals surface area (Å²) in [6, 6.07) is 7.68. The second kappa shape index (κ2) is 4.08. The molecule has 0 aliphatic rings. The van der Waals surface area contributed by atoms with Gasteiger partial charge >= 0.3 is 0 Å². The number of halogens is 1. The summed E-state index contributed by atoms with van der Waals surface area (Å²) in [4.78, 5) is 10.7. The van der Waals surface area contributed by atoms with Crippen molar-refractivity contribution in [2.24, 2.45) is 0 Å². The van der Waals surface area contributed by atoms with Crippen molar-refractivity contribution in [1.29, 1.82) is 0 Å². The first-order chi connectivity index (χ1) is 7.15. The number of rotatable bonds is 1. The molecule has 0 aliphatic heterocycles. The van der Waals surface area contributed by atoms with Crippen LogP contribution in [-0.4, -0.2) is 15.0 Å². The monoisotopic (exact) mass is 282 g/mol. The molecule has 0 amide bonds. The molecule has 1 aromatic carbocycles. The SMILES string of the molecule is Nc1nc(=S)nc(-c2cccc(Br)c2)[nH]1. The van der Waals surface area contributed by atoms with Crippen LogP contribution in [-0.2, 0) is 0 Å². The minimum absolute atomic E-state index is 0.237. The molecular formula is C9H7BrN4S. The Kier molecular flexibility index (Phi) is 2.79. The highest BCUT2D eigenvalue weighted by Crippen LogP contribution is 2.19. The van der Waals surface area contributed by atoms with Gasteiger partial charge in [-0.1, -0.05) is 28.1 Å². The first-order valence-electron chi connectivity index (χ1n) is 4.15. The molecule has 0 saturated carbocycles. The molecule has 0 saturated heterocycles. The van der Waals surface area contributed by atoms with Gasteiger partial charge in [-0.25, -0.2) is 4.98 Å². The molecule has 0 unspecified atom stereocenters. The molecule has 6 heteroatoms. The Labute approximate surface area is 99.7 Å². The average Bonchev–Trinajstić information content (AvgIpc) is 2.16. The van der Waals surface area contributed by atoms with E-state index in [0.717, 1.165) is 10.0 Å². The van der Waals surface area contributed by atoms with E-state index in [4.69, 9.17) is 18.0 Å². The summed E-state index contributed by atoms with van der Waals surface area (Å²) in [7, 11) is 0. The van der Waals surface area contributed by atoms with Crippen molar-refractivity contribution in [3.8, 4) is 11.4 Å². The van der Waals surface area contributed by atoms with E-state index in [1.54, 1.807) is 0 Å². The van der Waals surface area contributed by atoms with Gasteiger partial charge in [0, 0.05) is 10.0 Å². The van der Waals surface area contributed by atoms with Crippen molar-refractivity contribution in [3.63, 3.8) is 0 Å². The molecule has 76 valence electrons. The number of hydrogen-bond acceptors (Lipinski definition) is 4. The third-order valence-corrected chi connectivity index (χ3v) is 2.44. The number of nitrogens with two attached hydrogens (primary N) is 1. The van der Waals surface area contributed by atoms with Crippen LogP contribution in [0.25, 0.3) is 11.4 Å². The van der Waals surface area contributed by atoms with Crippen molar-refractivity contribution < 1.29 is 0 Å². The molecule has 1 aromatic heterocycles. The molecule has 15 heavy (non-hydrogen) atoms. The summed E-state index contributed by atoms with van der Waals surface area (Å²) < 4.78 is 1.21. The Morgan fingerprint density at radius 1 is 1.33 bits per heavy atom. The number of aromatic amines is 1. The van der Waals surface area contributed by atoms with Crippen molar-refractivity contribution in [2.45, 2.75) is 0 Å². The molecule has 2 rings (SSSR count). The maximum absolute atomic E-state index is 5.55. The summed E-state index contributed by atoms with van der Waals surface area (Å²) in [5, 5.41) is 0. The van der Waals surface area contributed by atoms with Crippen molar-refractivity contribution >= 4 is 34.1 Å². The number of hydrogen-bond donors (Lipinski definition) is 2. The maximum Gasteiger partial charge on any atom is 0.224 e. The van der Waals surface area contributed by atoms with E-state index in [2.05, 4.69) is 30.9 Å². The second-order valence-electron chi connectivity index (χ2n) is 2.88. The van der Waals surface area contributed by atoms with E-state index in [1.807, 2.05) is 24.3 Å². The zero-order chi connectivity index (χ0) is 10.8. The van der Waals surface area contributed by atoms with E-state index >= 15 is 0 Å². The highest BCUT2D eigenvalue weighted by atomic mass is 79.9. The smallest absolute Gasteiger partial charge is 0.224 e. The molecule has 0 spiro atoms. The van der Waals surface area contributed by atoms with Crippen LogP contribution in [0.1, 0.15) is 0 Å². The van der Waals surface area contributed by atoms with Gasteiger partial charge in [-0.05, 0) is 24.4 Å². The van der Waals surface area contributed by atoms with E-state index in [9.17, 15) is 0 Å². The highest BCUT2D eigenvalue weighted by Gasteiger charge is 2.01. The Morgan fingerprint density at radius 2 is 2.13 bits per heavy atom. The zero-order valence-electron chi connectivity index (χ0n) is 7.57. The number of H-pyrrole nitrogens is 1. The summed E-state index contributed by atoms with van der Waals surface area (Å²) in [6.07, 6.45) is 0. The van der Waals surface area contributed by atoms with Crippen LogP contribution >= 0.6 is 28.1 Å². The molecule has 4 nitrogen and oxygen atoms in total. The van der Waals surface area contributed by atoms with E-state index in [-0.39, 0.29) is 10.7 Å². The van der Waals surface area contributed by atoms with Crippen LogP contribution in [0.15, 0.2) is 28.7 Å². The number of anilines is 1. The minimum atomic E-state index is 0.237. The van der Waals surface area contributed by atoms with Gasteiger partial charge in [-0.3, -0.25) is 0 Å². The molecule has 3 N–H and O–H groups in total. The normalized spacial score (nSPS) is 10.2. The van der Waals surface area contributed by atoms with Crippen molar-refractivity contribution in [3.05, 3.63) is 33.5 Å². The lowest BCUT2D eigenvalue weighted by Crippen LogP contribution is -1.99. The van der Waals surface area contributed by atoms with Crippen molar-refractivity contribution in [1.82, 2.24) is 15.0 Å². The number of nitrogens with zero attached hydrogens (tertiary/aromatic N) is 2. The van der Waals surface area contributed by atoms with Gasteiger partial charge in [-0.2, -0.15) is 4.98 Å². The predicted molar refractivity (Wildman–Crippen MR) is 64.8 cm³/mol. The third kappa shape index (κ3) is 2.40. The molecule has 0 radical (unpaired) electrons. The van der Waals surface area contributed by atoms with Crippen molar-refractivity contribution in [2.75, 3.05) is 5.73 Å². The highest BCUT2D eigenvalue weighted by molar-refractivity contribution is 9.10. The molecule has 0 atom stereocenters. The number of benzene rings is 1. The van der Waals surface area contributed by atoms with Gasteiger partial charge < -0.3 is 10.7 Å². The topological polar surface area (TPSA) is 67.6 Å². The third-order valence-electron chi connectivity index (χ3n) is 1.77. The molecule has 0 bridgehead atoms. The van der Waals surface area contributed by atoms with Crippen LogP contribution in [0, 0.1) is 4.77 Å². The summed E-state index contributed by atoms with van der Waals surface area (Å²) >= 11 is 8.27. The molecule has 0 aliphatic carbocycles. The fraction of sp³-hybridized carbons (Fsp3) is 0. The summed E-state index contributed by atoms with van der Waals surface area (Å²) in [5.41, 5.74) is 6.46. The number of aromatic nitrogens is 3. The van der Waals surface area contributed by atoms with Gasteiger partial charge in [-0.15, -0.1) is 0 Å². The molecule has 1 heterocycles. The first kappa shape index (κ1) is 10.3. The van der Waals surface area contributed by atoms with E-state index < -0.39 is 0 Å². The van der Waals surface area contributed by atoms with Crippen LogP contribution in [0.4, 0.5) is 5.95 Å². The largest absolute Gasteiger partial charge is 0.369 e. The zero-order valence-corrected chi connectivity index (χ0v) is 9.97. The number of nitrogens with one attached hydrogen (secondary N) is 1. The predicted octanol–water partition coefficient (Wildman–Crippen LogP) is 2.55. The van der Waals surface area contributed by atoms with Gasteiger partial charge in [0.25, 0.3) is 0 Å². The lowest BCUT2D eigenvalue weighted by molar-refractivity contribution is 1.05. The summed E-state index contributed by atoms with van der Waals surface area (Å²) in [5.74, 6) is 0.888. The van der Waals surface area contributed by atoms with Crippen LogP contribution in [0.5, 0.6) is 0 Å². The molecule has 0 fully saturated rings. The molecule has 2 aromatic rings. The quantitative estimate of drug-likeness (QED) is 0.789. The van der Waals surface area contributed by atoms with Gasteiger partial charge in [0.1, 0.15) is 5.82 Å². The number of nitrogen functional groups attached to an aromatic ring is 1. The lowest BCUT2D eigenvalue weighted by Gasteiger charge is -2.02. The second-order valence-corrected chi connectivity index (χ2v) is 4.16. The van der Waals surface area contributed by atoms with E-state index in [1.165, 1.54) is 0 Å². The Morgan fingerprint density at radius 3 is 2.80 bits per heavy atom. The Balaban J connectivity index is 2.59. The Bertz CT molecular complexity index is 552.